The Bertz CT molecular complexity index is 1220. The van der Waals surface area contributed by atoms with Crippen LogP contribution in [0, 0.1) is 6.92 Å². The van der Waals surface area contributed by atoms with Crippen LogP contribution in [0.5, 0.6) is 0 Å². The SMILES string of the molecule is CC(=O)N1CCN(c2ccc(Nc3nc4ccc(C)cc4c4cn[nH]c34)cc2)CC1. The normalized spacial score (nSPS) is 14.5. The Morgan fingerprint density at radius 2 is 1.80 bits per heavy atom. The van der Waals surface area contributed by atoms with Gasteiger partial charge in [0, 0.05) is 55.2 Å². The molecule has 5 rings (SSSR count). The standard InChI is InChI=1S/C23H24N6O/c1-15-3-8-21-19(13-15)20-14-24-27-22(20)23(26-21)25-17-4-6-18(7-5-17)29-11-9-28(10-12-29)16(2)30/h3-8,13-14H,9-12H2,1-2H3,(H,24,27)(H,25,26). The number of anilines is 3. The van der Waals surface area contributed by atoms with Crippen LogP contribution in [0.4, 0.5) is 17.2 Å². The average molecular weight is 400 g/mol. The third-order valence-corrected chi connectivity index (χ3v) is 5.77. The highest BCUT2D eigenvalue weighted by molar-refractivity contribution is 6.08. The molecule has 1 aliphatic heterocycles. The lowest BCUT2D eigenvalue weighted by atomic mass is 10.1. The van der Waals surface area contributed by atoms with Gasteiger partial charge in [-0.15, -0.1) is 0 Å². The second kappa shape index (κ2) is 7.33. The van der Waals surface area contributed by atoms with E-state index in [9.17, 15) is 4.79 Å². The number of aromatic nitrogens is 3. The summed E-state index contributed by atoms with van der Waals surface area (Å²) >= 11 is 0. The second-order valence-corrected chi connectivity index (χ2v) is 7.80. The summed E-state index contributed by atoms with van der Waals surface area (Å²) in [4.78, 5) is 20.5. The number of benzene rings is 2. The number of aromatic amines is 1. The summed E-state index contributed by atoms with van der Waals surface area (Å²) in [5, 5.41) is 12.9. The van der Waals surface area contributed by atoms with Crippen LogP contribution in [0.3, 0.4) is 0 Å². The molecule has 7 heteroatoms. The van der Waals surface area contributed by atoms with Crippen LogP contribution >= 0.6 is 0 Å². The Hall–Kier alpha value is -3.61. The maximum atomic E-state index is 11.5. The van der Waals surface area contributed by atoms with Crippen molar-refractivity contribution < 1.29 is 4.79 Å². The molecule has 30 heavy (non-hydrogen) atoms. The number of amides is 1. The molecule has 0 bridgehead atoms. The molecule has 4 aromatic rings. The minimum Gasteiger partial charge on any atom is -0.368 e. The molecular weight excluding hydrogens is 376 g/mol. The van der Waals surface area contributed by atoms with Crippen LogP contribution in [-0.4, -0.2) is 52.2 Å². The van der Waals surface area contributed by atoms with E-state index >= 15 is 0 Å². The molecule has 1 fully saturated rings. The predicted molar refractivity (Wildman–Crippen MR) is 120 cm³/mol. The summed E-state index contributed by atoms with van der Waals surface area (Å²) in [6.45, 7) is 6.97. The summed E-state index contributed by atoms with van der Waals surface area (Å²) in [5.41, 5.74) is 5.18. The fraction of sp³-hybridized carbons (Fsp3) is 0.261. The van der Waals surface area contributed by atoms with Crippen molar-refractivity contribution in [2.75, 3.05) is 36.4 Å². The van der Waals surface area contributed by atoms with E-state index < -0.39 is 0 Å². The number of nitrogens with one attached hydrogen (secondary N) is 2. The number of carbonyl (C=O) groups is 1. The Labute approximate surface area is 174 Å². The highest BCUT2D eigenvalue weighted by Gasteiger charge is 2.18. The van der Waals surface area contributed by atoms with Crippen molar-refractivity contribution in [1.29, 1.82) is 0 Å². The smallest absolute Gasteiger partial charge is 0.219 e. The predicted octanol–water partition coefficient (Wildman–Crippen LogP) is 3.83. The van der Waals surface area contributed by atoms with Crippen LogP contribution in [0.1, 0.15) is 12.5 Å². The molecule has 0 atom stereocenters. The molecule has 1 aliphatic rings. The Morgan fingerprint density at radius 3 is 2.53 bits per heavy atom. The molecule has 0 aliphatic carbocycles. The first-order valence-corrected chi connectivity index (χ1v) is 10.2. The molecule has 0 saturated carbocycles. The van der Waals surface area contributed by atoms with Gasteiger partial charge in [-0.2, -0.15) is 5.10 Å². The van der Waals surface area contributed by atoms with Crippen molar-refractivity contribution in [2.45, 2.75) is 13.8 Å². The summed E-state index contributed by atoms with van der Waals surface area (Å²) in [5.74, 6) is 0.916. The molecule has 7 nitrogen and oxygen atoms in total. The molecule has 0 spiro atoms. The van der Waals surface area contributed by atoms with Crippen LogP contribution in [0.25, 0.3) is 21.8 Å². The maximum Gasteiger partial charge on any atom is 0.219 e. The topological polar surface area (TPSA) is 77.2 Å². The zero-order chi connectivity index (χ0) is 20.7. The van der Waals surface area contributed by atoms with E-state index in [0.29, 0.717) is 0 Å². The number of rotatable bonds is 3. The van der Waals surface area contributed by atoms with Gasteiger partial charge in [-0.3, -0.25) is 9.89 Å². The van der Waals surface area contributed by atoms with E-state index in [4.69, 9.17) is 4.98 Å². The largest absolute Gasteiger partial charge is 0.368 e. The first-order chi connectivity index (χ1) is 14.6. The van der Waals surface area contributed by atoms with E-state index in [1.54, 1.807) is 6.92 Å². The number of nitrogens with zero attached hydrogens (tertiary/aromatic N) is 4. The third kappa shape index (κ3) is 3.32. The molecule has 2 N–H and O–H groups in total. The molecule has 1 saturated heterocycles. The number of aryl methyl sites for hydroxylation is 1. The number of pyridine rings is 1. The number of hydrogen-bond donors (Lipinski definition) is 2. The molecule has 1 amide bonds. The number of piperazine rings is 1. The Kier molecular flexibility index (Phi) is 4.50. The maximum absolute atomic E-state index is 11.5. The number of hydrogen-bond acceptors (Lipinski definition) is 5. The van der Waals surface area contributed by atoms with Gasteiger partial charge in [0.25, 0.3) is 0 Å². The Morgan fingerprint density at radius 1 is 1.03 bits per heavy atom. The summed E-state index contributed by atoms with van der Waals surface area (Å²) in [7, 11) is 0. The van der Waals surface area contributed by atoms with Gasteiger partial charge >= 0.3 is 0 Å². The number of H-pyrrole nitrogens is 1. The van der Waals surface area contributed by atoms with Gasteiger partial charge < -0.3 is 15.1 Å². The van der Waals surface area contributed by atoms with Gasteiger partial charge in [0.1, 0.15) is 5.52 Å². The van der Waals surface area contributed by atoms with Crippen LogP contribution < -0.4 is 10.2 Å². The van der Waals surface area contributed by atoms with Crippen molar-refractivity contribution in [3.05, 3.63) is 54.2 Å². The van der Waals surface area contributed by atoms with E-state index in [-0.39, 0.29) is 5.91 Å². The minimum absolute atomic E-state index is 0.150. The van der Waals surface area contributed by atoms with E-state index in [1.807, 2.05) is 17.2 Å². The second-order valence-electron chi connectivity index (χ2n) is 7.80. The van der Waals surface area contributed by atoms with Gasteiger partial charge in [-0.1, -0.05) is 11.6 Å². The fourth-order valence-corrected chi connectivity index (χ4v) is 4.07. The summed E-state index contributed by atoms with van der Waals surface area (Å²) in [6, 6.07) is 14.6. The van der Waals surface area contributed by atoms with Gasteiger partial charge in [-0.25, -0.2) is 4.98 Å². The van der Waals surface area contributed by atoms with Gasteiger partial charge in [0.2, 0.25) is 5.91 Å². The third-order valence-electron chi connectivity index (χ3n) is 5.77. The lowest BCUT2D eigenvalue weighted by molar-refractivity contribution is -0.129. The first kappa shape index (κ1) is 18.4. The van der Waals surface area contributed by atoms with Crippen LogP contribution in [0.15, 0.2) is 48.7 Å². The summed E-state index contributed by atoms with van der Waals surface area (Å²) < 4.78 is 0. The highest BCUT2D eigenvalue weighted by atomic mass is 16.2. The van der Waals surface area contributed by atoms with Gasteiger partial charge in [-0.05, 0) is 43.3 Å². The van der Waals surface area contributed by atoms with Crippen molar-refractivity contribution >= 4 is 44.9 Å². The molecule has 2 aromatic heterocycles. The van der Waals surface area contributed by atoms with Crippen molar-refractivity contribution in [3.63, 3.8) is 0 Å². The van der Waals surface area contributed by atoms with Crippen molar-refractivity contribution in [2.24, 2.45) is 0 Å². The lowest BCUT2D eigenvalue weighted by Crippen LogP contribution is -2.48. The van der Waals surface area contributed by atoms with Crippen molar-refractivity contribution in [3.8, 4) is 0 Å². The van der Waals surface area contributed by atoms with Crippen molar-refractivity contribution in [1.82, 2.24) is 20.1 Å². The molecular formula is C23H24N6O. The molecule has 0 unspecified atom stereocenters. The quantitative estimate of drug-likeness (QED) is 0.547. The van der Waals surface area contributed by atoms with Gasteiger partial charge in [0.05, 0.1) is 11.7 Å². The summed E-state index contributed by atoms with van der Waals surface area (Å²) in [6.07, 6.45) is 1.85. The molecule has 0 radical (unpaired) electrons. The monoisotopic (exact) mass is 400 g/mol. The number of carbonyl (C=O) groups excluding carboxylic acids is 1. The molecule has 2 aromatic carbocycles. The van der Waals surface area contributed by atoms with Crippen LogP contribution in [0.2, 0.25) is 0 Å². The first-order valence-electron chi connectivity index (χ1n) is 10.2. The van der Waals surface area contributed by atoms with Gasteiger partial charge in [0.15, 0.2) is 5.82 Å². The highest BCUT2D eigenvalue weighted by Crippen LogP contribution is 2.30. The zero-order valence-electron chi connectivity index (χ0n) is 17.1. The van der Waals surface area contributed by atoms with E-state index in [0.717, 1.165) is 65.2 Å². The fourth-order valence-electron chi connectivity index (χ4n) is 4.07. The van der Waals surface area contributed by atoms with E-state index in [1.165, 1.54) is 5.56 Å². The Balaban J connectivity index is 1.38. The average Bonchev–Trinajstić information content (AvgIpc) is 3.26. The minimum atomic E-state index is 0.150. The van der Waals surface area contributed by atoms with Crippen LogP contribution in [-0.2, 0) is 4.79 Å². The molecule has 152 valence electrons. The zero-order valence-corrected chi connectivity index (χ0v) is 17.1. The molecule has 3 heterocycles. The van der Waals surface area contributed by atoms with E-state index in [2.05, 4.69) is 63.7 Å². The number of fused-ring (bicyclic) bond motifs is 3. The lowest BCUT2D eigenvalue weighted by Gasteiger charge is -2.35.